The van der Waals surface area contributed by atoms with Crippen molar-refractivity contribution in [2.24, 2.45) is 11.7 Å². The fourth-order valence-corrected chi connectivity index (χ4v) is 2.62. The van der Waals surface area contributed by atoms with Gasteiger partial charge in [-0.3, -0.25) is 9.69 Å². The Morgan fingerprint density at radius 3 is 2.35 bits per heavy atom. The van der Waals surface area contributed by atoms with Crippen LogP contribution in [0.2, 0.25) is 0 Å². The van der Waals surface area contributed by atoms with E-state index in [1.807, 2.05) is 4.90 Å². The highest BCUT2D eigenvalue weighted by atomic mass is 19.1. The van der Waals surface area contributed by atoms with Crippen molar-refractivity contribution in [1.29, 1.82) is 0 Å². The molecule has 3 N–H and O–H groups in total. The van der Waals surface area contributed by atoms with Gasteiger partial charge in [0.25, 0.3) is 0 Å². The van der Waals surface area contributed by atoms with Crippen LogP contribution in [0, 0.1) is 17.6 Å². The van der Waals surface area contributed by atoms with Crippen molar-refractivity contribution in [2.45, 2.75) is 25.5 Å². The first kappa shape index (κ1) is 14.9. The molecular formula is C14H18F2N2O2. The maximum Gasteiger partial charge on any atom is 0.246 e. The number of amides is 1. The maximum absolute atomic E-state index is 13.1. The van der Waals surface area contributed by atoms with Gasteiger partial charge in [0.1, 0.15) is 17.7 Å². The largest absolute Gasteiger partial charge is 0.383 e. The van der Waals surface area contributed by atoms with E-state index in [0.717, 1.165) is 6.07 Å². The number of carbonyl (C=O) groups is 1. The zero-order valence-electron chi connectivity index (χ0n) is 11.1. The van der Waals surface area contributed by atoms with Crippen molar-refractivity contribution in [3.8, 4) is 0 Å². The molecule has 110 valence electrons. The third-order valence-corrected chi connectivity index (χ3v) is 3.70. The minimum Gasteiger partial charge on any atom is -0.383 e. The number of primary amides is 1. The number of hydrogen-bond donors (Lipinski definition) is 2. The fourth-order valence-electron chi connectivity index (χ4n) is 2.62. The van der Waals surface area contributed by atoms with Gasteiger partial charge in [-0.05, 0) is 49.5 Å². The summed E-state index contributed by atoms with van der Waals surface area (Å²) in [6, 6.07) is 3.47. The number of nitrogens with two attached hydrogens (primary N) is 1. The van der Waals surface area contributed by atoms with Crippen LogP contribution in [-0.2, 0) is 11.3 Å². The van der Waals surface area contributed by atoms with E-state index in [1.54, 1.807) is 0 Å². The fraction of sp³-hybridized carbons (Fsp3) is 0.500. The summed E-state index contributed by atoms with van der Waals surface area (Å²) in [7, 11) is 0. The van der Waals surface area contributed by atoms with Crippen molar-refractivity contribution in [3.63, 3.8) is 0 Å². The lowest BCUT2D eigenvalue weighted by atomic mass is 9.90. The van der Waals surface area contributed by atoms with Crippen LogP contribution in [0.1, 0.15) is 18.4 Å². The van der Waals surface area contributed by atoms with Gasteiger partial charge in [-0.2, -0.15) is 0 Å². The van der Waals surface area contributed by atoms with Gasteiger partial charge >= 0.3 is 0 Å². The molecule has 0 bridgehead atoms. The summed E-state index contributed by atoms with van der Waals surface area (Å²) in [4.78, 5) is 13.0. The Bertz CT molecular complexity index is 468. The molecule has 2 rings (SSSR count). The van der Waals surface area contributed by atoms with Crippen LogP contribution >= 0.6 is 0 Å². The van der Waals surface area contributed by atoms with Crippen molar-refractivity contribution in [2.75, 3.05) is 13.1 Å². The molecule has 1 aliphatic rings. The molecule has 0 unspecified atom stereocenters. The summed E-state index contributed by atoms with van der Waals surface area (Å²) in [5.41, 5.74) is 5.65. The van der Waals surface area contributed by atoms with E-state index in [2.05, 4.69) is 0 Å². The standard InChI is InChI=1S/C14H18F2N2O2/c15-11-5-9(6-12(16)7-11)8-18-3-1-10(2-4-18)13(19)14(17)20/h5-7,10,13,19H,1-4,8H2,(H2,17,20)/t13-/m0/s1. The van der Waals surface area contributed by atoms with Gasteiger partial charge in [0.05, 0.1) is 0 Å². The van der Waals surface area contributed by atoms with Crippen molar-refractivity contribution < 1.29 is 18.7 Å². The Balaban J connectivity index is 1.89. The predicted octanol–water partition coefficient (Wildman–Crippen LogP) is 1.02. The Hall–Kier alpha value is -1.53. The Kier molecular flexibility index (Phi) is 4.67. The van der Waals surface area contributed by atoms with Gasteiger partial charge in [0.15, 0.2) is 0 Å². The molecule has 1 amide bonds. The van der Waals surface area contributed by atoms with E-state index in [-0.39, 0.29) is 5.92 Å². The number of nitrogens with zero attached hydrogens (tertiary/aromatic N) is 1. The number of hydrogen-bond acceptors (Lipinski definition) is 3. The topological polar surface area (TPSA) is 66.6 Å². The molecule has 1 saturated heterocycles. The highest BCUT2D eigenvalue weighted by Crippen LogP contribution is 2.22. The Morgan fingerprint density at radius 1 is 1.30 bits per heavy atom. The van der Waals surface area contributed by atoms with Crippen LogP contribution in [0.5, 0.6) is 0 Å². The number of rotatable bonds is 4. The number of likely N-dealkylation sites (tertiary alicyclic amines) is 1. The predicted molar refractivity (Wildman–Crippen MR) is 69.6 cm³/mol. The van der Waals surface area contributed by atoms with Crippen LogP contribution in [0.3, 0.4) is 0 Å². The van der Waals surface area contributed by atoms with Gasteiger partial charge in [-0.1, -0.05) is 0 Å². The van der Waals surface area contributed by atoms with Crippen molar-refractivity contribution in [1.82, 2.24) is 4.90 Å². The van der Waals surface area contributed by atoms with Gasteiger partial charge in [-0.25, -0.2) is 8.78 Å². The van der Waals surface area contributed by atoms with Crippen LogP contribution in [0.15, 0.2) is 18.2 Å². The highest BCUT2D eigenvalue weighted by molar-refractivity contribution is 5.78. The lowest BCUT2D eigenvalue weighted by Gasteiger charge is -2.33. The number of piperidine rings is 1. The van der Waals surface area contributed by atoms with E-state index in [9.17, 15) is 18.7 Å². The molecule has 0 aromatic heterocycles. The molecule has 1 heterocycles. The molecule has 1 aliphatic heterocycles. The second kappa shape index (κ2) is 6.28. The normalized spacial score (nSPS) is 18.9. The maximum atomic E-state index is 13.1. The average Bonchev–Trinajstić information content (AvgIpc) is 2.37. The number of aliphatic hydroxyl groups excluding tert-OH is 1. The third kappa shape index (κ3) is 3.74. The molecule has 4 nitrogen and oxygen atoms in total. The molecule has 1 atom stereocenters. The van der Waals surface area contributed by atoms with Crippen molar-refractivity contribution in [3.05, 3.63) is 35.4 Å². The lowest BCUT2D eigenvalue weighted by Crippen LogP contribution is -2.42. The molecule has 0 spiro atoms. The first-order chi connectivity index (χ1) is 9.45. The van der Waals surface area contributed by atoms with Crippen LogP contribution in [0.4, 0.5) is 8.78 Å². The number of carbonyl (C=O) groups excluding carboxylic acids is 1. The zero-order chi connectivity index (χ0) is 14.7. The van der Waals surface area contributed by atoms with Crippen LogP contribution < -0.4 is 5.73 Å². The van der Waals surface area contributed by atoms with E-state index >= 15 is 0 Å². The summed E-state index contributed by atoms with van der Waals surface area (Å²) in [6.45, 7) is 1.77. The van der Waals surface area contributed by atoms with E-state index < -0.39 is 23.6 Å². The minimum atomic E-state index is -1.11. The van der Waals surface area contributed by atoms with Crippen LogP contribution in [0.25, 0.3) is 0 Å². The number of aliphatic hydroxyl groups is 1. The monoisotopic (exact) mass is 284 g/mol. The molecule has 0 radical (unpaired) electrons. The SMILES string of the molecule is NC(=O)[C@@H](O)C1CCN(Cc2cc(F)cc(F)c2)CC1. The quantitative estimate of drug-likeness (QED) is 0.867. The zero-order valence-corrected chi connectivity index (χ0v) is 11.1. The number of benzene rings is 1. The minimum absolute atomic E-state index is 0.131. The molecule has 1 aromatic rings. The molecule has 1 fully saturated rings. The van der Waals surface area contributed by atoms with E-state index in [0.29, 0.717) is 38.0 Å². The lowest BCUT2D eigenvalue weighted by molar-refractivity contribution is -0.129. The highest BCUT2D eigenvalue weighted by Gasteiger charge is 2.28. The molecule has 20 heavy (non-hydrogen) atoms. The second-order valence-electron chi connectivity index (χ2n) is 5.24. The van der Waals surface area contributed by atoms with Crippen LogP contribution in [-0.4, -0.2) is 35.1 Å². The average molecular weight is 284 g/mol. The van der Waals surface area contributed by atoms with Gasteiger partial charge in [0, 0.05) is 12.6 Å². The van der Waals surface area contributed by atoms with Gasteiger partial charge in [0.2, 0.25) is 5.91 Å². The molecule has 1 aromatic carbocycles. The summed E-state index contributed by atoms with van der Waals surface area (Å²) >= 11 is 0. The molecule has 6 heteroatoms. The molecule has 0 saturated carbocycles. The Morgan fingerprint density at radius 2 is 1.85 bits per heavy atom. The molecular weight excluding hydrogens is 266 g/mol. The van der Waals surface area contributed by atoms with Gasteiger partial charge < -0.3 is 10.8 Å². The second-order valence-corrected chi connectivity index (χ2v) is 5.24. The third-order valence-electron chi connectivity index (χ3n) is 3.70. The van der Waals surface area contributed by atoms with Gasteiger partial charge in [-0.15, -0.1) is 0 Å². The number of halogens is 2. The molecule has 0 aliphatic carbocycles. The summed E-state index contributed by atoms with van der Waals surface area (Å²) in [5.74, 6) is -2.00. The van der Waals surface area contributed by atoms with E-state index in [1.165, 1.54) is 12.1 Å². The van der Waals surface area contributed by atoms with E-state index in [4.69, 9.17) is 5.73 Å². The summed E-state index contributed by atoms with van der Waals surface area (Å²) in [6.07, 6.45) is 0.174. The van der Waals surface area contributed by atoms with Crippen molar-refractivity contribution >= 4 is 5.91 Å². The Labute approximate surface area is 116 Å². The first-order valence-corrected chi connectivity index (χ1v) is 6.60. The smallest absolute Gasteiger partial charge is 0.246 e. The summed E-state index contributed by atoms with van der Waals surface area (Å²) < 4.78 is 26.2. The summed E-state index contributed by atoms with van der Waals surface area (Å²) in [5, 5.41) is 9.61. The first-order valence-electron chi connectivity index (χ1n) is 6.60.